The normalized spacial score (nSPS) is 15.8. The predicted molar refractivity (Wildman–Crippen MR) is 137 cm³/mol. The zero-order valence-electron chi connectivity index (χ0n) is 20.2. The van der Waals surface area contributed by atoms with Gasteiger partial charge in [-0.1, -0.05) is 11.6 Å². The van der Waals surface area contributed by atoms with E-state index in [2.05, 4.69) is 19.9 Å². The first kappa shape index (κ1) is 25.5. The van der Waals surface area contributed by atoms with Crippen molar-refractivity contribution >= 4 is 28.8 Å². The number of anilines is 1. The highest BCUT2D eigenvalue weighted by molar-refractivity contribution is 6.31. The molecule has 0 saturated heterocycles. The van der Waals surface area contributed by atoms with E-state index >= 15 is 0 Å². The van der Waals surface area contributed by atoms with E-state index in [1.165, 1.54) is 24.4 Å². The van der Waals surface area contributed by atoms with Crippen molar-refractivity contribution in [3.05, 3.63) is 76.5 Å². The van der Waals surface area contributed by atoms with E-state index < -0.39 is 11.9 Å². The summed E-state index contributed by atoms with van der Waals surface area (Å²) in [7, 11) is 3.97. The molecular weight excluding hydrogens is 485 g/mol. The summed E-state index contributed by atoms with van der Waals surface area (Å²) in [6, 6.07) is 5.05. The fraction of sp³-hybridized carbons (Fsp3) is 0.320. The Morgan fingerprint density at radius 3 is 2.86 bits per heavy atom. The van der Waals surface area contributed by atoms with Crippen LogP contribution in [0.4, 0.5) is 10.1 Å². The molecule has 5 N–H and O–H groups in total. The molecule has 1 unspecified atom stereocenters. The molecule has 0 spiro atoms. The maximum absolute atomic E-state index is 13.7. The van der Waals surface area contributed by atoms with Gasteiger partial charge in [-0.2, -0.15) is 0 Å². The van der Waals surface area contributed by atoms with Crippen LogP contribution in [0.5, 0.6) is 5.75 Å². The summed E-state index contributed by atoms with van der Waals surface area (Å²) in [5, 5.41) is 0.522. The predicted octanol–water partition coefficient (Wildman–Crippen LogP) is 2.79. The molecule has 0 saturated carbocycles. The van der Waals surface area contributed by atoms with Gasteiger partial charge in [-0.05, 0) is 44.3 Å². The number of halogens is 2. The summed E-state index contributed by atoms with van der Waals surface area (Å²) < 4.78 is 19.4. The molecule has 190 valence electrons. The van der Waals surface area contributed by atoms with Gasteiger partial charge in [-0.15, -0.1) is 0 Å². The van der Waals surface area contributed by atoms with Gasteiger partial charge in [0.1, 0.15) is 24.2 Å². The number of carbonyl (C=O) groups excluding carboxylic acids is 1. The monoisotopic (exact) mass is 513 g/mol. The van der Waals surface area contributed by atoms with Crippen molar-refractivity contribution in [1.29, 1.82) is 0 Å². The van der Waals surface area contributed by atoms with E-state index in [1.54, 1.807) is 23.5 Å². The average Bonchev–Trinajstić information content (AvgIpc) is 3.32. The number of ether oxygens (including phenoxy) is 1. The highest BCUT2D eigenvalue weighted by Crippen LogP contribution is 2.32. The molecule has 0 fully saturated rings. The number of nitrogens with two attached hydrogens (primary N) is 2. The smallest absolute Gasteiger partial charge is 0.258 e. The Morgan fingerprint density at radius 2 is 2.17 bits per heavy atom. The lowest BCUT2D eigenvalue weighted by Crippen LogP contribution is -2.43. The van der Waals surface area contributed by atoms with Crippen LogP contribution in [0.1, 0.15) is 28.7 Å². The Balaban J connectivity index is 1.58. The number of amides is 1. The maximum Gasteiger partial charge on any atom is 0.258 e. The highest BCUT2D eigenvalue weighted by Gasteiger charge is 2.35. The number of benzene rings is 1. The molecule has 9 nitrogen and oxygen atoms in total. The largest absolute Gasteiger partial charge is 0.489 e. The number of hydrogen-bond acceptors (Lipinski definition) is 7. The second-order valence-electron chi connectivity index (χ2n) is 8.82. The molecule has 3 aromatic rings. The van der Waals surface area contributed by atoms with Crippen LogP contribution in [-0.2, 0) is 17.6 Å². The quantitative estimate of drug-likeness (QED) is 0.312. The second kappa shape index (κ2) is 11.0. The van der Waals surface area contributed by atoms with Crippen LogP contribution in [0.2, 0.25) is 5.02 Å². The van der Waals surface area contributed by atoms with Crippen molar-refractivity contribution < 1.29 is 13.9 Å². The zero-order chi connectivity index (χ0) is 25.8. The zero-order valence-corrected chi connectivity index (χ0v) is 20.9. The van der Waals surface area contributed by atoms with Gasteiger partial charge in [-0.3, -0.25) is 9.78 Å². The van der Waals surface area contributed by atoms with Gasteiger partial charge in [-0.25, -0.2) is 9.37 Å². The van der Waals surface area contributed by atoms with E-state index in [1.807, 2.05) is 14.1 Å². The van der Waals surface area contributed by atoms with Crippen LogP contribution in [0.3, 0.4) is 0 Å². The Labute approximate surface area is 213 Å². The lowest BCUT2D eigenvalue weighted by molar-refractivity contribution is -0.128. The number of rotatable bonds is 8. The van der Waals surface area contributed by atoms with Gasteiger partial charge >= 0.3 is 0 Å². The van der Waals surface area contributed by atoms with Crippen molar-refractivity contribution in [2.75, 3.05) is 39.5 Å². The fourth-order valence-corrected chi connectivity index (χ4v) is 4.39. The summed E-state index contributed by atoms with van der Waals surface area (Å²) in [6.45, 7) is 1.29. The van der Waals surface area contributed by atoms with Gasteiger partial charge in [0, 0.05) is 48.7 Å². The number of likely N-dealkylation sites (N-methyl/N-ethyl adjacent to an activating group) is 1. The molecule has 1 aromatic carbocycles. The number of imidazole rings is 1. The first-order chi connectivity index (χ1) is 17.3. The molecule has 1 aliphatic rings. The van der Waals surface area contributed by atoms with Crippen molar-refractivity contribution in [2.24, 2.45) is 5.73 Å². The van der Waals surface area contributed by atoms with Crippen molar-refractivity contribution in [2.45, 2.75) is 18.9 Å². The maximum atomic E-state index is 13.7. The summed E-state index contributed by atoms with van der Waals surface area (Å²) in [5.74, 6) is -0.459. The van der Waals surface area contributed by atoms with Crippen LogP contribution >= 0.6 is 11.6 Å². The van der Waals surface area contributed by atoms with Gasteiger partial charge in [0.05, 0.1) is 29.0 Å². The minimum absolute atomic E-state index is 0.0644. The Kier molecular flexibility index (Phi) is 7.76. The molecule has 2 aromatic heterocycles. The number of aromatic nitrogens is 3. The molecule has 1 atom stereocenters. The van der Waals surface area contributed by atoms with E-state index in [0.29, 0.717) is 35.1 Å². The van der Waals surface area contributed by atoms with Gasteiger partial charge in [0.25, 0.3) is 5.91 Å². The minimum Gasteiger partial charge on any atom is -0.489 e. The molecule has 11 heteroatoms. The van der Waals surface area contributed by atoms with Crippen LogP contribution in [0.15, 0.2) is 43.0 Å². The Bertz CT molecular complexity index is 1280. The third-order valence-electron chi connectivity index (χ3n) is 6.11. The minimum atomic E-state index is -0.526. The molecule has 0 aliphatic carbocycles. The lowest BCUT2D eigenvalue weighted by Gasteiger charge is -2.35. The molecular formula is C25H29ClFN7O2. The highest BCUT2D eigenvalue weighted by atomic mass is 35.5. The first-order valence-electron chi connectivity index (χ1n) is 11.5. The standard InChI is InChI=1S/C25H29ClFN7O2/c1-33(2)7-5-15-12-30-21(10-18(15)26)17(11-28)25(35)34-8-6-20-24(32-14-31-20)22(34)13-36-23-4-3-16(27)9-19(23)29/h3-4,9-12,14,22H,5-8,13,28-29H2,1-2H3,(H,31,32). The Hall–Kier alpha value is -3.63. The number of hydrogen-bond donors (Lipinski definition) is 3. The van der Waals surface area contributed by atoms with Crippen LogP contribution < -0.4 is 16.2 Å². The number of nitrogen functional groups attached to an aromatic ring is 1. The van der Waals surface area contributed by atoms with Crippen LogP contribution in [-0.4, -0.2) is 64.5 Å². The SMILES string of the molecule is CN(C)CCc1cnc(C(=CN)C(=O)N2CCc3[nH]cnc3C2COc2ccc(F)cc2N)cc1Cl. The number of fused-ring (bicyclic) bond motifs is 1. The van der Waals surface area contributed by atoms with Crippen LogP contribution in [0, 0.1) is 5.82 Å². The lowest BCUT2D eigenvalue weighted by atomic mass is 10.0. The number of carbonyl (C=O) groups is 1. The molecule has 0 bridgehead atoms. The summed E-state index contributed by atoms with van der Waals surface area (Å²) in [6.07, 6.45) is 5.83. The number of aromatic amines is 1. The average molecular weight is 514 g/mol. The van der Waals surface area contributed by atoms with E-state index in [0.717, 1.165) is 24.2 Å². The molecule has 36 heavy (non-hydrogen) atoms. The van der Waals surface area contributed by atoms with Crippen LogP contribution in [0.25, 0.3) is 5.57 Å². The number of nitrogens with zero attached hydrogens (tertiary/aromatic N) is 4. The first-order valence-corrected chi connectivity index (χ1v) is 11.9. The van der Waals surface area contributed by atoms with Crippen molar-refractivity contribution in [3.8, 4) is 5.75 Å². The number of pyridine rings is 1. The summed E-state index contributed by atoms with van der Waals surface area (Å²) >= 11 is 6.50. The van der Waals surface area contributed by atoms with Gasteiger partial charge < -0.3 is 31.0 Å². The number of nitrogens with one attached hydrogen (secondary N) is 1. The van der Waals surface area contributed by atoms with Gasteiger partial charge in [0.2, 0.25) is 0 Å². The number of H-pyrrole nitrogens is 1. The fourth-order valence-electron chi connectivity index (χ4n) is 4.14. The molecule has 3 heterocycles. The van der Waals surface area contributed by atoms with Gasteiger partial charge in [0.15, 0.2) is 0 Å². The third kappa shape index (κ3) is 5.44. The van der Waals surface area contributed by atoms with Crippen molar-refractivity contribution in [1.82, 2.24) is 24.8 Å². The molecule has 1 aliphatic heterocycles. The van der Waals surface area contributed by atoms with E-state index in [9.17, 15) is 9.18 Å². The van der Waals surface area contributed by atoms with Crippen molar-refractivity contribution in [3.63, 3.8) is 0 Å². The second-order valence-corrected chi connectivity index (χ2v) is 9.23. The Morgan fingerprint density at radius 1 is 1.36 bits per heavy atom. The third-order valence-corrected chi connectivity index (χ3v) is 6.46. The van der Waals surface area contributed by atoms with E-state index in [-0.39, 0.29) is 23.8 Å². The van der Waals surface area contributed by atoms with E-state index in [4.69, 9.17) is 27.8 Å². The summed E-state index contributed by atoms with van der Waals surface area (Å²) in [5.41, 5.74) is 15.1. The molecule has 0 radical (unpaired) electrons. The topological polar surface area (TPSA) is 126 Å². The molecule has 4 rings (SSSR count). The summed E-state index contributed by atoms with van der Waals surface area (Å²) in [4.78, 5) is 29.5. The molecule has 1 amide bonds.